The van der Waals surface area contributed by atoms with E-state index in [4.69, 9.17) is 4.99 Å². The number of piperidine rings is 1. The van der Waals surface area contributed by atoms with Gasteiger partial charge in [0, 0.05) is 57.2 Å². The summed E-state index contributed by atoms with van der Waals surface area (Å²) in [5, 5.41) is 6.94. The van der Waals surface area contributed by atoms with E-state index in [0.717, 1.165) is 70.7 Å². The Labute approximate surface area is 188 Å². The first-order valence-electron chi connectivity index (χ1n) is 12.1. The van der Waals surface area contributed by atoms with Crippen molar-refractivity contribution in [1.82, 2.24) is 30.4 Å². The molecular formula is C23H42N8. The van der Waals surface area contributed by atoms with E-state index < -0.39 is 0 Å². The van der Waals surface area contributed by atoms with Gasteiger partial charge in [-0.05, 0) is 65.7 Å². The first-order valence-corrected chi connectivity index (χ1v) is 12.1. The summed E-state index contributed by atoms with van der Waals surface area (Å²) in [5.74, 6) is 1.79. The number of likely N-dealkylation sites (tertiary alicyclic amines) is 1. The van der Waals surface area contributed by atoms with Gasteiger partial charge < -0.3 is 15.5 Å². The van der Waals surface area contributed by atoms with E-state index in [9.17, 15) is 0 Å². The van der Waals surface area contributed by atoms with Gasteiger partial charge in [0.25, 0.3) is 0 Å². The van der Waals surface area contributed by atoms with Crippen LogP contribution in [0.2, 0.25) is 0 Å². The molecule has 1 aromatic rings. The molecule has 8 nitrogen and oxygen atoms in total. The van der Waals surface area contributed by atoms with Crippen LogP contribution >= 0.6 is 0 Å². The molecule has 0 spiro atoms. The molecular weight excluding hydrogens is 388 g/mol. The van der Waals surface area contributed by atoms with Gasteiger partial charge in [-0.1, -0.05) is 6.42 Å². The van der Waals surface area contributed by atoms with Crippen LogP contribution < -0.4 is 15.5 Å². The molecule has 0 saturated carbocycles. The van der Waals surface area contributed by atoms with Crippen LogP contribution in [0.1, 0.15) is 46.5 Å². The number of aromatic nitrogens is 2. The fraction of sp³-hybridized carbons (Fsp3) is 0.783. The predicted octanol–water partition coefficient (Wildman–Crippen LogP) is 1.81. The van der Waals surface area contributed by atoms with E-state index in [2.05, 4.69) is 56.1 Å². The van der Waals surface area contributed by atoms with E-state index >= 15 is 0 Å². The molecule has 0 radical (unpaired) electrons. The van der Waals surface area contributed by atoms with E-state index in [1.807, 2.05) is 18.5 Å². The van der Waals surface area contributed by atoms with Crippen molar-refractivity contribution in [2.45, 2.75) is 52.0 Å². The number of hydrogen-bond donors (Lipinski definition) is 2. The number of piperazine rings is 1. The van der Waals surface area contributed by atoms with Gasteiger partial charge in [-0.15, -0.1) is 0 Å². The number of guanidine groups is 1. The number of aliphatic imine (C=N–C) groups is 1. The zero-order valence-electron chi connectivity index (χ0n) is 19.8. The molecule has 2 aliphatic heterocycles. The van der Waals surface area contributed by atoms with Crippen LogP contribution in [0.5, 0.6) is 0 Å². The minimum Gasteiger partial charge on any atom is -0.357 e. The Bertz CT molecular complexity index is 649. The summed E-state index contributed by atoms with van der Waals surface area (Å²) in [6.45, 7) is 17.1. The summed E-state index contributed by atoms with van der Waals surface area (Å²) in [4.78, 5) is 21.0. The topological polar surface area (TPSA) is 71.9 Å². The van der Waals surface area contributed by atoms with E-state index in [-0.39, 0.29) is 5.54 Å². The highest BCUT2D eigenvalue weighted by Gasteiger charge is 2.27. The maximum absolute atomic E-state index is 4.91. The molecule has 3 rings (SSSR count). The molecule has 2 aliphatic rings. The lowest BCUT2D eigenvalue weighted by Gasteiger charge is -2.40. The molecule has 3 heterocycles. The number of nitrogens with one attached hydrogen (secondary N) is 2. The van der Waals surface area contributed by atoms with E-state index in [1.54, 1.807) is 0 Å². The molecule has 0 amide bonds. The lowest BCUT2D eigenvalue weighted by molar-refractivity contribution is 0.102. The Balaban J connectivity index is 1.36. The maximum atomic E-state index is 4.91. The molecule has 2 fully saturated rings. The van der Waals surface area contributed by atoms with Crippen molar-refractivity contribution in [3.8, 4) is 0 Å². The normalized spacial score (nSPS) is 19.5. The molecule has 0 bridgehead atoms. The minimum atomic E-state index is 0.116. The molecule has 0 aliphatic carbocycles. The molecule has 174 valence electrons. The molecule has 0 atom stereocenters. The van der Waals surface area contributed by atoms with Crippen LogP contribution in [-0.2, 0) is 0 Å². The molecule has 0 unspecified atom stereocenters. The highest BCUT2D eigenvalue weighted by Crippen LogP contribution is 2.20. The predicted molar refractivity (Wildman–Crippen MR) is 129 cm³/mol. The van der Waals surface area contributed by atoms with Crippen LogP contribution in [0.15, 0.2) is 23.5 Å². The quantitative estimate of drug-likeness (QED) is 0.352. The third-order valence-corrected chi connectivity index (χ3v) is 6.33. The summed E-state index contributed by atoms with van der Waals surface area (Å²) in [6.07, 6.45) is 8.75. The number of hydrogen-bond acceptors (Lipinski definition) is 6. The largest absolute Gasteiger partial charge is 0.357 e. The standard InChI is InChI=1S/C23H42N8/c1-4-24-21(28-20-23(2,3)31-14-6-5-7-15-31)25-12-9-13-29-16-18-30(19-17-29)22-26-10-8-11-27-22/h8,10-11H,4-7,9,12-20H2,1-3H3,(H2,24,25,28). The van der Waals surface area contributed by atoms with Gasteiger partial charge in [0.15, 0.2) is 5.96 Å². The van der Waals surface area contributed by atoms with Gasteiger partial charge in [-0.25, -0.2) is 9.97 Å². The molecule has 2 N–H and O–H groups in total. The van der Waals surface area contributed by atoms with E-state index in [0.29, 0.717) is 0 Å². The fourth-order valence-electron chi connectivity index (χ4n) is 4.35. The number of anilines is 1. The van der Waals surface area contributed by atoms with Crippen LogP contribution in [-0.4, -0.2) is 96.7 Å². The van der Waals surface area contributed by atoms with Crippen LogP contribution in [0.4, 0.5) is 5.95 Å². The zero-order chi connectivity index (χ0) is 21.9. The van der Waals surface area contributed by atoms with Gasteiger partial charge in [-0.2, -0.15) is 0 Å². The molecule has 2 saturated heterocycles. The average Bonchev–Trinajstić information content (AvgIpc) is 2.82. The molecule has 0 aromatic carbocycles. The summed E-state index contributed by atoms with van der Waals surface area (Å²) in [7, 11) is 0. The van der Waals surface area contributed by atoms with Crippen molar-refractivity contribution in [2.75, 3.05) is 70.3 Å². The molecule has 31 heavy (non-hydrogen) atoms. The minimum absolute atomic E-state index is 0.116. The van der Waals surface area contributed by atoms with Crippen LogP contribution in [0, 0.1) is 0 Å². The smallest absolute Gasteiger partial charge is 0.225 e. The average molecular weight is 431 g/mol. The van der Waals surface area contributed by atoms with Crippen molar-refractivity contribution in [3.63, 3.8) is 0 Å². The lowest BCUT2D eigenvalue weighted by atomic mass is 9.99. The fourth-order valence-corrected chi connectivity index (χ4v) is 4.35. The number of rotatable bonds is 9. The number of nitrogens with zero attached hydrogens (tertiary/aromatic N) is 6. The molecule has 1 aromatic heterocycles. The first kappa shape index (κ1) is 23.7. The summed E-state index contributed by atoms with van der Waals surface area (Å²) in [6, 6.07) is 1.87. The third-order valence-electron chi connectivity index (χ3n) is 6.33. The van der Waals surface area contributed by atoms with Crippen LogP contribution in [0.25, 0.3) is 0 Å². The Hall–Kier alpha value is -1.93. The Morgan fingerprint density at radius 2 is 1.71 bits per heavy atom. The van der Waals surface area contributed by atoms with Crippen molar-refractivity contribution in [1.29, 1.82) is 0 Å². The second-order valence-electron chi connectivity index (χ2n) is 9.21. The highest BCUT2D eigenvalue weighted by molar-refractivity contribution is 5.79. The highest BCUT2D eigenvalue weighted by atomic mass is 15.3. The van der Waals surface area contributed by atoms with Crippen molar-refractivity contribution in [2.24, 2.45) is 4.99 Å². The Kier molecular flexibility index (Phi) is 9.33. The third kappa shape index (κ3) is 7.61. The van der Waals surface area contributed by atoms with Gasteiger partial charge in [-0.3, -0.25) is 14.8 Å². The summed E-state index contributed by atoms with van der Waals surface area (Å²) < 4.78 is 0. The van der Waals surface area contributed by atoms with Crippen LogP contribution in [0.3, 0.4) is 0 Å². The first-order chi connectivity index (χ1) is 15.1. The van der Waals surface area contributed by atoms with Crippen molar-refractivity contribution >= 4 is 11.9 Å². The van der Waals surface area contributed by atoms with Crippen molar-refractivity contribution in [3.05, 3.63) is 18.5 Å². The Morgan fingerprint density at radius 3 is 2.39 bits per heavy atom. The van der Waals surface area contributed by atoms with E-state index in [1.165, 1.54) is 32.4 Å². The summed E-state index contributed by atoms with van der Waals surface area (Å²) in [5.41, 5.74) is 0.116. The second kappa shape index (κ2) is 12.2. The Morgan fingerprint density at radius 1 is 1.00 bits per heavy atom. The maximum Gasteiger partial charge on any atom is 0.225 e. The SMILES string of the molecule is CCNC(=NCC(C)(C)N1CCCCC1)NCCCN1CCN(c2ncccn2)CC1. The van der Waals surface area contributed by atoms with Gasteiger partial charge >= 0.3 is 0 Å². The van der Waals surface area contributed by atoms with Gasteiger partial charge in [0.1, 0.15) is 0 Å². The van der Waals surface area contributed by atoms with Gasteiger partial charge in [0.2, 0.25) is 5.95 Å². The summed E-state index contributed by atoms with van der Waals surface area (Å²) >= 11 is 0. The second-order valence-corrected chi connectivity index (χ2v) is 9.21. The molecule has 8 heteroatoms. The zero-order valence-corrected chi connectivity index (χ0v) is 19.8. The monoisotopic (exact) mass is 430 g/mol. The van der Waals surface area contributed by atoms with Gasteiger partial charge in [0.05, 0.1) is 6.54 Å². The lowest BCUT2D eigenvalue weighted by Crippen LogP contribution is -2.50. The van der Waals surface area contributed by atoms with Crippen molar-refractivity contribution < 1.29 is 0 Å².